The second-order valence-electron chi connectivity index (χ2n) is 6.81. The molecule has 0 fully saturated rings. The highest BCUT2D eigenvalue weighted by Gasteiger charge is 2.30. The molecule has 2 amide bonds. The first-order valence-corrected chi connectivity index (χ1v) is 10.5. The molecule has 1 aromatic heterocycles. The van der Waals surface area contributed by atoms with Crippen molar-refractivity contribution >= 4 is 45.7 Å². The van der Waals surface area contributed by atoms with Gasteiger partial charge in [0, 0.05) is 18.0 Å². The van der Waals surface area contributed by atoms with Crippen LogP contribution in [0.5, 0.6) is 5.75 Å². The van der Waals surface area contributed by atoms with E-state index in [9.17, 15) is 28.0 Å². The molecular formula is C23H17F3N4O3S. The van der Waals surface area contributed by atoms with Gasteiger partial charge in [0.2, 0.25) is 5.91 Å². The minimum Gasteiger partial charge on any atom is -0.497 e. The van der Waals surface area contributed by atoms with Crippen LogP contribution in [0.15, 0.2) is 59.5 Å². The Morgan fingerprint density at radius 3 is 2.50 bits per heavy atom. The number of amides is 2. The van der Waals surface area contributed by atoms with E-state index in [0.717, 1.165) is 29.5 Å². The number of hydrogen-bond donors (Lipinski definition) is 1. The summed E-state index contributed by atoms with van der Waals surface area (Å²) in [5.74, 6) is -0.590. The summed E-state index contributed by atoms with van der Waals surface area (Å²) in [5, 5.41) is 13.5. The monoisotopic (exact) mass is 486 g/mol. The molecule has 1 N–H and O–H groups in total. The second-order valence-corrected chi connectivity index (χ2v) is 7.65. The number of hydrogen-bond acceptors (Lipinski definition) is 6. The zero-order valence-corrected chi connectivity index (χ0v) is 18.7. The van der Waals surface area contributed by atoms with E-state index in [2.05, 4.69) is 10.3 Å². The van der Waals surface area contributed by atoms with Crippen molar-refractivity contribution in [1.29, 1.82) is 5.26 Å². The highest BCUT2D eigenvalue weighted by atomic mass is 32.1. The maximum absolute atomic E-state index is 12.9. The molecule has 0 aliphatic heterocycles. The van der Waals surface area contributed by atoms with E-state index in [4.69, 9.17) is 4.74 Å². The van der Waals surface area contributed by atoms with Crippen LogP contribution in [0.25, 0.3) is 6.08 Å². The number of halogens is 3. The second kappa shape index (κ2) is 10.2. The topological polar surface area (TPSA) is 95.3 Å². The van der Waals surface area contributed by atoms with Crippen molar-refractivity contribution in [2.75, 3.05) is 17.3 Å². The minimum atomic E-state index is -4.57. The smallest absolute Gasteiger partial charge is 0.416 e. The molecule has 2 aromatic carbocycles. The molecule has 11 heteroatoms. The molecule has 0 atom stereocenters. The van der Waals surface area contributed by atoms with Gasteiger partial charge in [-0.1, -0.05) is 6.07 Å². The van der Waals surface area contributed by atoms with Crippen LogP contribution in [-0.4, -0.2) is 23.9 Å². The molecule has 0 saturated carbocycles. The number of nitriles is 1. The number of benzene rings is 2. The predicted octanol–water partition coefficient (Wildman–Crippen LogP) is 5.40. The maximum atomic E-state index is 12.9. The summed E-state index contributed by atoms with van der Waals surface area (Å²) in [7, 11) is 1.52. The molecule has 174 valence electrons. The lowest BCUT2D eigenvalue weighted by Gasteiger charge is -2.18. The number of alkyl halides is 3. The van der Waals surface area contributed by atoms with E-state index < -0.39 is 17.6 Å². The average Bonchev–Trinajstić information content (AvgIpc) is 3.25. The number of rotatable bonds is 6. The van der Waals surface area contributed by atoms with Crippen molar-refractivity contribution in [1.82, 2.24) is 4.98 Å². The zero-order valence-electron chi connectivity index (χ0n) is 17.9. The van der Waals surface area contributed by atoms with Gasteiger partial charge in [0.1, 0.15) is 17.4 Å². The van der Waals surface area contributed by atoms with Gasteiger partial charge in [-0.05, 0) is 48.5 Å². The third-order valence-electron chi connectivity index (χ3n) is 4.45. The lowest BCUT2D eigenvalue weighted by atomic mass is 10.1. The fraction of sp³-hybridized carbons (Fsp3) is 0.130. The molecule has 0 aliphatic rings. The van der Waals surface area contributed by atoms with E-state index in [0.29, 0.717) is 16.6 Å². The van der Waals surface area contributed by atoms with Crippen molar-refractivity contribution in [2.24, 2.45) is 0 Å². The van der Waals surface area contributed by atoms with Crippen molar-refractivity contribution < 1.29 is 27.5 Å². The van der Waals surface area contributed by atoms with Crippen LogP contribution in [-0.2, 0) is 15.8 Å². The Bertz CT molecular complexity index is 1280. The van der Waals surface area contributed by atoms with Gasteiger partial charge in [0.15, 0.2) is 5.13 Å². The molecule has 0 spiro atoms. The third kappa shape index (κ3) is 5.79. The molecule has 0 saturated heterocycles. The quantitative estimate of drug-likeness (QED) is 0.372. The standard InChI is InChI=1S/C23H17F3N4O3S/c1-14(31)30(19-6-8-20(33-2)9-7-19)22-29-18(13-34-22)10-15(12-27)21(32)28-17-5-3-4-16(11-17)23(24,25)26/h3-11,13H,1-2H3,(H,28,32)/b15-10+. The van der Waals surface area contributed by atoms with Crippen LogP contribution in [0.2, 0.25) is 0 Å². The number of nitrogens with one attached hydrogen (secondary N) is 1. The molecule has 0 radical (unpaired) electrons. The summed E-state index contributed by atoms with van der Waals surface area (Å²) >= 11 is 1.12. The summed E-state index contributed by atoms with van der Waals surface area (Å²) in [6.45, 7) is 1.37. The number of methoxy groups -OCH3 is 1. The Morgan fingerprint density at radius 2 is 1.91 bits per heavy atom. The van der Waals surface area contributed by atoms with E-state index in [1.807, 2.05) is 0 Å². The number of carbonyl (C=O) groups excluding carboxylic acids is 2. The summed E-state index contributed by atoms with van der Waals surface area (Å²) in [4.78, 5) is 30.4. The number of anilines is 3. The average molecular weight is 486 g/mol. The Hall–Kier alpha value is -4.17. The Kier molecular flexibility index (Phi) is 7.33. The van der Waals surface area contributed by atoms with Crippen LogP contribution in [0.1, 0.15) is 18.2 Å². The minimum absolute atomic E-state index is 0.109. The fourth-order valence-corrected chi connectivity index (χ4v) is 3.72. The van der Waals surface area contributed by atoms with Crippen molar-refractivity contribution in [2.45, 2.75) is 13.1 Å². The van der Waals surface area contributed by atoms with E-state index >= 15 is 0 Å². The first-order chi connectivity index (χ1) is 16.1. The largest absolute Gasteiger partial charge is 0.497 e. The van der Waals surface area contributed by atoms with Crippen LogP contribution in [0.4, 0.5) is 29.7 Å². The predicted molar refractivity (Wildman–Crippen MR) is 122 cm³/mol. The number of carbonyl (C=O) groups is 2. The van der Waals surface area contributed by atoms with E-state index in [1.54, 1.807) is 35.7 Å². The first kappa shape index (κ1) is 24.5. The van der Waals surface area contributed by atoms with Crippen molar-refractivity contribution in [3.63, 3.8) is 0 Å². The molecule has 0 unspecified atom stereocenters. The SMILES string of the molecule is COc1ccc(N(C(C)=O)c2nc(/C=C(\C#N)C(=O)Nc3cccc(C(F)(F)F)c3)cs2)cc1. The summed E-state index contributed by atoms with van der Waals surface area (Å²) in [5.41, 5.74) is -0.633. The molecule has 0 bridgehead atoms. The summed E-state index contributed by atoms with van der Waals surface area (Å²) in [6, 6.07) is 12.5. The lowest BCUT2D eigenvalue weighted by molar-refractivity contribution is -0.137. The molecule has 0 aliphatic carbocycles. The van der Waals surface area contributed by atoms with Gasteiger partial charge in [-0.3, -0.25) is 14.5 Å². The lowest BCUT2D eigenvalue weighted by Crippen LogP contribution is -2.22. The highest BCUT2D eigenvalue weighted by Crippen LogP contribution is 2.32. The normalized spacial score (nSPS) is 11.5. The van der Waals surface area contributed by atoms with Gasteiger partial charge in [0.25, 0.3) is 5.91 Å². The van der Waals surface area contributed by atoms with Gasteiger partial charge >= 0.3 is 6.18 Å². The highest BCUT2D eigenvalue weighted by molar-refractivity contribution is 7.14. The fourth-order valence-electron chi connectivity index (χ4n) is 2.87. The van der Waals surface area contributed by atoms with Gasteiger partial charge in [-0.25, -0.2) is 4.98 Å². The van der Waals surface area contributed by atoms with Gasteiger partial charge in [-0.15, -0.1) is 11.3 Å². The molecular weight excluding hydrogens is 469 g/mol. The summed E-state index contributed by atoms with van der Waals surface area (Å²) < 4.78 is 43.8. The number of aromatic nitrogens is 1. The molecule has 34 heavy (non-hydrogen) atoms. The van der Waals surface area contributed by atoms with Crippen LogP contribution in [0, 0.1) is 11.3 Å². The maximum Gasteiger partial charge on any atom is 0.416 e. The van der Waals surface area contributed by atoms with Crippen molar-refractivity contribution in [3.05, 3.63) is 70.7 Å². The van der Waals surface area contributed by atoms with Crippen LogP contribution in [0.3, 0.4) is 0 Å². The Morgan fingerprint density at radius 1 is 1.21 bits per heavy atom. The van der Waals surface area contributed by atoms with E-state index in [1.165, 1.54) is 31.1 Å². The van der Waals surface area contributed by atoms with E-state index in [-0.39, 0.29) is 22.9 Å². The molecule has 1 heterocycles. The molecule has 3 rings (SSSR count). The van der Waals surface area contributed by atoms with Gasteiger partial charge in [0.05, 0.1) is 24.1 Å². The Balaban J connectivity index is 1.83. The zero-order chi connectivity index (χ0) is 24.9. The number of thiazole rings is 1. The van der Waals surface area contributed by atoms with Crippen molar-refractivity contribution in [3.8, 4) is 11.8 Å². The van der Waals surface area contributed by atoms with Crippen LogP contribution >= 0.6 is 11.3 Å². The number of nitrogens with zero attached hydrogens (tertiary/aromatic N) is 3. The third-order valence-corrected chi connectivity index (χ3v) is 5.30. The summed E-state index contributed by atoms with van der Waals surface area (Å²) in [6.07, 6.45) is -3.38. The van der Waals surface area contributed by atoms with Gasteiger partial charge in [-0.2, -0.15) is 18.4 Å². The number of ether oxygens (including phenoxy) is 1. The first-order valence-electron chi connectivity index (χ1n) is 9.63. The van der Waals surface area contributed by atoms with Crippen LogP contribution < -0.4 is 15.0 Å². The van der Waals surface area contributed by atoms with Gasteiger partial charge < -0.3 is 10.1 Å². The Labute approximate surface area is 196 Å². The molecule has 7 nitrogen and oxygen atoms in total. The molecule has 3 aromatic rings.